The topological polar surface area (TPSA) is 75.7 Å². The summed E-state index contributed by atoms with van der Waals surface area (Å²) in [4.78, 5) is 36.3. The minimum Gasteiger partial charge on any atom is -0.486 e. The van der Waals surface area contributed by atoms with E-state index in [2.05, 4.69) is 5.32 Å². The second-order valence-electron chi connectivity index (χ2n) is 5.91. The van der Waals surface area contributed by atoms with Crippen LogP contribution in [0.25, 0.3) is 6.08 Å². The summed E-state index contributed by atoms with van der Waals surface area (Å²) in [6.45, 7) is 0.119. The SMILES string of the molecule is CN1C(=O)NC(=O)/C(=C\c2cc(Cl)c(OCc3ccc(F)cc3)c(Cl)c2)C1=O. The lowest BCUT2D eigenvalue weighted by molar-refractivity contribution is -0.129. The van der Waals surface area contributed by atoms with Crippen LogP contribution in [-0.2, 0) is 16.2 Å². The number of amides is 4. The smallest absolute Gasteiger partial charge is 0.331 e. The van der Waals surface area contributed by atoms with Gasteiger partial charge in [-0.05, 0) is 41.5 Å². The molecule has 1 heterocycles. The number of nitrogens with one attached hydrogen (secondary N) is 1. The monoisotopic (exact) mass is 422 g/mol. The first kappa shape index (κ1) is 19.9. The van der Waals surface area contributed by atoms with Gasteiger partial charge in [-0.25, -0.2) is 9.18 Å². The molecule has 0 saturated carbocycles. The predicted octanol–water partition coefficient (Wildman–Crippen LogP) is 3.80. The van der Waals surface area contributed by atoms with Crippen LogP contribution in [0.1, 0.15) is 11.1 Å². The molecular formula is C19H13Cl2FN2O4. The molecule has 1 saturated heterocycles. The predicted molar refractivity (Wildman–Crippen MR) is 101 cm³/mol. The summed E-state index contributed by atoms with van der Waals surface area (Å²) in [5, 5.41) is 2.38. The average molecular weight is 423 g/mol. The van der Waals surface area contributed by atoms with Crippen molar-refractivity contribution >= 4 is 47.1 Å². The van der Waals surface area contributed by atoms with Gasteiger partial charge in [0.1, 0.15) is 18.0 Å². The van der Waals surface area contributed by atoms with E-state index in [-0.39, 0.29) is 33.8 Å². The van der Waals surface area contributed by atoms with Crippen molar-refractivity contribution in [2.45, 2.75) is 6.61 Å². The number of urea groups is 1. The third-order valence-corrected chi connectivity index (χ3v) is 4.49. The average Bonchev–Trinajstić information content (AvgIpc) is 2.64. The standard InChI is InChI=1S/C19H13Cl2FN2O4/c1-24-18(26)13(17(25)23-19(24)27)6-11-7-14(20)16(15(21)8-11)28-9-10-2-4-12(22)5-3-10/h2-8H,9H2,1H3,(H,23,25,27)/b13-6+. The zero-order valence-electron chi connectivity index (χ0n) is 14.5. The Bertz CT molecular complexity index is 982. The molecule has 28 heavy (non-hydrogen) atoms. The number of carbonyl (C=O) groups is 3. The van der Waals surface area contributed by atoms with E-state index in [4.69, 9.17) is 27.9 Å². The molecule has 1 N–H and O–H groups in total. The number of imide groups is 2. The molecule has 1 fully saturated rings. The van der Waals surface area contributed by atoms with Crippen LogP contribution in [-0.4, -0.2) is 29.8 Å². The van der Waals surface area contributed by atoms with Crippen molar-refractivity contribution < 1.29 is 23.5 Å². The largest absolute Gasteiger partial charge is 0.486 e. The molecule has 0 atom stereocenters. The molecule has 4 amide bonds. The van der Waals surface area contributed by atoms with Gasteiger partial charge in [0.2, 0.25) is 0 Å². The molecule has 3 rings (SSSR count). The van der Waals surface area contributed by atoms with Crippen molar-refractivity contribution in [3.05, 3.63) is 69.0 Å². The van der Waals surface area contributed by atoms with Gasteiger partial charge < -0.3 is 4.74 Å². The zero-order valence-corrected chi connectivity index (χ0v) is 16.0. The lowest BCUT2D eigenvalue weighted by Gasteiger charge is -2.22. The lowest BCUT2D eigenvalue weighted by atomic mass is 10.1. The third kappa shape index (κ3) is 4.16. The molecule has 9 heteroatoms. The summed E-state index contributed by atoms with van der Waals surface area (Å²) in [6, 6.07) is 7.90. The molecule has 0 spiro atoms. The number of barbiturate groups is 1. The first-order chi connectivity index (χ1) is 13.3. The Morgan fingerprint density at radius 1 is 1.11 bits per heavy atom. The van der Waals surface area contributed by atoms with Crippen molar-refractivity contribution in [3.8, 4) is 5.75 Å². The molecule has 0 unspecified atom stereocenters. The van der Waals surface area contributed by atoms with Crippen molar-refractivity contribution in [2.24, 2.45) is 0 Å². The van der Waals surface area contributed by atoms with Crippen molar-refractivity contribution in [3.63, 3.8) is 0 Å². The highest BCUT2D eigenvalue weighted by Gasteiger charge is 2.33. The summed E-state index contributed by atoms with van der Waals surface area (Å²) in [7, 11) is 1.25. The maximum atomic E-state index is 13.0. The van der Waals surface area contributed by atoms with Gasteiger partial charge in [-0.3, -0.25) is 19.8 Å². The molecule has 1 aliphatic rings. The molecule has 2 aromatic carbocycles. The molecule has 0 aliphatic carbocycles. The Kier molecular flexibility index (Phi) is 5.67. The molecular weight excluding hydrogens is 410 g/mol. The number of carbonyl (C=O) groups excluding carboxylic acids is 3. The fourth-order valence-electron chi connectivity index (χ4n) is 2.45. The summed E-state index contributed by atoms with van der Waals surface area (Å²) in [5.41, 5.74) is 0.872. The van der Waals surface area contributed by atoms with Gasteiger partial charge in [0.05, 0.1) is 10.0 Å². The fourth-order valence-corrected chi connectivity index (χ4v) is 3.06. The van der Waals surface area contributed by atoms with Crippen LogP contribution in [0, 0.1) is 5.82 Å². The number of rotatable bonds is 4. The molecule has 0 radical (unpaired) electrons. The van der Waals surface area contributed by atoms with Crippen LogP contribution < -0.4 is 10.1 Å². The van der Waals surface area contributed by atoms with Crippen LogP contribution in [0.15, 0.2) is 42.0 Å². The van der Waals surface area contributed by atoms with Crippen molar-refractivity contribution in [1.29, 1.82) is 0 Å². The van der Waals surface area contributed by atoms with Crippen molar-refractivity contribution in [1.82, 2.24) is 10.2 Å². The first-order valence-electron chi connectivity index (χ1n) is 7.97. The molecule has 0 aromatic heterocycles. The van der Waals surface area contributed by atoms with Gasteiger partial charge in [-0.15, -0.1) is 0 Å². The second kappa shape index (κ2) is 8.00. The van der Waals surface area contributed by atoms with Gasteiger partial charge in [0, 0.05) is 7.05 Å². The van der Waals surface area contributed by atoms with Gasteiger partial charge in [0.25, 0.3) is 11.8 Å². The maximum Gasteiger partial charge on any atom is 0.331 e. The molecule has 1 aliphatic heterocycles. The fraction of sp³-hybridized carbons (Fsp3) is 0.105. The summed E-state index contributed by atoms with van der Waals surface area (Å²) < 4.78 is 18.6. The Hall–Kier alpha value is -2.90. The molecule has 2 aromatic rings. The molecule has 6 nitrogen and oxygen atoms in total. The van der Waals surface area contributed by atoms with Crippen LogP contribution in [0.3, 0.4) is 0 Å². The molecule has 0 bridgehead atoms. The van der Waals surface area contributed by atoms with E-state index in [1.807, 2.05) is 0 Å². The second-order valence-corrected chi connectivity index (χ2v) is 6.72. The van der Waals surface area contributed by atoms with E-state index in [1.54, 1.807) is 12.1 Å². The van der Waals surface area contributed by atoms with Gasteiger partial charge >= 0.3 is 6.03 Å². The summed E-state index contributed by atoms with van der Waals surface area (Å²) in [5.74, 6) is -1.69. The van der Waals surface area contributed by atoms with Crippen LogP contribution in [0.4, 0.5) is 9.18 Å². The molecule has 144 valence electrons. The number of benzene rings is 2. The van der Waals surface area contributed by atoms with E-state index in [0.29, 0.717) is 5.56 Å². The van der Waals surface area contributed by atoms with E-state index in [0.717, 1.165) is 10.5 Å². The normalized spacial score (nSPS) is 15.8. The zero-order chi connectivity index (χ0) is 20.4. The highest BCUT2D eigenvalue weighted by molar-refractivity contribution is 6.37. The summed E-state index contributed by atoms with van der Waals surface area (Å²) >= 11 is 12.4. The summed E-state index contributed by atoms with van der Waals surface area (Å²) in [6.07, 6.45) is 1.28. The number of halogens is 3. The van der Waals surface area contributed by atoms with Gasteiger partial charge in [0.15, 0.2) is 5.75 Å². The number of hydrogen-bond acceptors (Lipinski definition) is 4. The van der Waals surface area contributed by atoms with E-state index >= 15 is 0 Å². The van der Waals surface area contributed by atoms with E-state index < -0.39 is 17.8 Å². The van der Waals surface area contributed by atoms with Gasteiger partial charge in [-0.1, -0.05) is 35.3 Å². The van der Waals surface area contributed by atoms with Crippen molar-refractivity contribution in [2.75, 3.05) is 7.05 Å². The minimum absolute atomic E-state index is 0.119. The van der Waals surface area contributed by atoms with Crippen LogP contribution >= 0.6 is 23.2 Å². The van der Waals surface area contributed by atoms with E-state index in [1.165, 1.54) is 37.4 Å². The number of ether oxygens (including phenoxy) is 1. The van der Waals surface area contributed by atoms with E-state index in [9.17, 15) is 18.8 Å². The third-order valence-electron chi connectivity index (χ3n) is 3.93. The highest BCUT2D eigenvalue weighted by atomic mass is 35.5. The number of likely N-dealkylation sites (N-methyl/N-ethyl adjacent to an activating group) is 1. The number of hydrogen-bond donors (Lipinski definition) is 1. The lowest BCUT2D eigenvalue weighted by Crippen LogP contribution is -2.52. The Balaban J connectivity index is 1.83. The van der Waals surface area contributed by atoms with Crippen LogP contribution in [0.5, 0.6) is 5.75 Å². The quantitative estimate of drug-likeness (QED) is 0.600. The highest BCUT2D eigenvalue weighted by Crippen LogP contribution is 2.35. The Morgan fingerprint density at radius 2 is 1.71 bits per heavy atom. The Morgan fingerprint density at radius 3 is 2.32 bits per heavy atom. The van der Waals surface area contributed by atoms with Gasteiger partial charge in [-0.2, -0.15) is 0 Å². The van der Waals surface area contributed by atoms with Crippen LogP contribution in [0.2, 0.25) is 10.0 Å². The minimum atomic E-state index is -0.808. The first-order valence-corrected chi connectivity index (χ1v) is 8.73. The maximum absolute atomic E-state index is 13.0. The Labute approximate surface area is 169 Å². The number of nitrogens with zero attached hydrogens (tertiary/aromatic N) is 1.